The summed E-state index contributed by atoms with van der Waals surface area (Å²) in [6.07, 6.45) is 0. The van der Waals surface area contributed by atoms with Gasteiger partial charge in [-0.3, -0.25) is 0 Å². The molecule has 2 rings (SSSR count). The van der Waals surface area contributed by atoms with Gasteiger partial charge in [0.2, 0.25) is 0 Å². The van der Waals surface area contributed by atoms with Crippen LogP contribution < -0.4 is 4.74 Å². The van der Waals surface area contributed by atoms with E-state index in [-0.39, 0.29) is 0 Å². The summed E-state index contributed by atoms with van der Waals surface area (Å²) in [5.41, 5.74) is 2.16. The van der Waals surface area contributed by atoms with Crippen LogP contribution in [0.5, 0.6) is 5.75 Å². The van der Waals surface area contributed by atoms with Crippen LogP contribution in [0.2, 0.25) is 5.02 Å². The van der Waals surface area contributed by atoms with Gasteiger partial charge in [0.25, 0.3) is 0 Å². The molecule has 0 unspecified atom stereocenters. The van der Waals surface area contributed by atoms with Crippen LogP contribution in [0.15, 0.2) is 12.1 Å². The Hall–Kier alpha value is -1.66. The largest absolute Gasteiger partial charge is 0.495 e. The van der Waals surface area contributed by atoms with E-state index in [1.165, 1.54) is 0 Å². The predicted molar refractivity (Wildman–Crippen MR) is 59.3 cm³/mol. The molecule has 0 bridgehead atoms. The molecule has 0 amide bonds. The molecule has 1 aromatic carbocycles. The minimum atomic E-state index is 0.524. The Kier molecular flexibility index (Phi) is 2.29. The molecule has 0 fully saturated rings. The highest BCUT2D eigenvalue weighted by molar-refractivity contribution is 6.36. The molecule has 0 saturated carbocycles. The van der Waals surface area contributed by atoms with Gasteiger partial charge >= 0.3 is 0 Å². The summed E-state index contributed by atoms with van der Waals surface area (Å²) in [6.45, 7) is 1.86. The number of halogens is 1. The van der Waals surface area contributed by atoms with Gasteiger partial charge in [-0.1, -0.05) is 11.6 Å². The lowest BCUT2D eigenvalue weighted by molar-refractivity contribution is 0.419. The molecular formula is C11H9ClN2O. The maximum Gasteiger partial charge on any atom is 0.143 e. The molecule has 76 valence electrons. The molecule has 0 radical (unpaired) electrons. The highest BCUT2D eigenvalue weighted by Gasteiger charge is 2.13. The van der Waals surface area contributed by atoms with Gasteiger partial charge in [-0.05, 0) is 24.6 Å². The van der Waals surface area contributed by atoms with E-state index < -0.39 is 0 Å². The molecule has 0 aliphatic heterocycles. The molecule has 4 heteroatoms. The van der Waals surface area contributed by atoms with E-state index in [2.05, 4.69) is 11.1 Å². The zero-order valence-corrected chi connectivity index (χ0v) is 9.14. The number of nitriles is 1. The predicted octanol–water partition coefficient (Wildman–Crippen LogP) is 3.01. The normalized spacial score (nSPS) is 10.3. The Labute approximate surface area is 92.2 Å². The first-order valence-electron chi connectivity index (χ1n) is 4.44. The summed E-state index contributed by atoms with van der Waals surface area (Å²) in [5, 5.41) is 10.4. The van der Waals surface area contributed by atoms with Crippen molar-refractivity contribution in [1.82, 2.24) is 4.98 Å². The van der Waals surface area contributed by atoms with Crippen LogP contribution in [0, 0.1) is 18.3 Å². The van der Waals surface area contributed by atoms with Crippen molar-refractivity contribution in [2.45, 2.75) is 6.92 Å². The molecule has 0 saturated heterocycles. The molecule has 2 aromatic rings. The smallest absolute Gasteiger partial charge is 0.143 e. The highest BCUT2D eigenvalue weighted by atomic mass is 35.5. The number of aryl methyl sites for hydroxylation is 1. The Morgan fingerprint density at radius 1 is 1.47 bits per heavy atom. The van der Waals surface area contributed by atoms with E-state index in [1.807, 2.05) is 6.92 Å². The minimum Gasteiger partial charge on any atom is -0.495 e. The lowest BCUT2D eigenvalue weighted by Crippen LogP contribution is -1.84. The zero-order chi connectivity index (χ0) is 11.0. The number of aromatic amines is 1. The van der Waals surface area contributed by atoms with Gasteiger partial charge in [-0.15, -0.1) is 0 Å². The van der Waals surface area contributed by atoms with Gasteiger partial charge in [-0.25, -0.2) is 0 Å². The first kappa shape index (κ1) is 9.88. The summed E-state index contributed by atoms with van der Waals surface area (Å²) >= 11 is 6.08. The Balaban J connectivity index is 2.93. The van der Waals surface area contributed by atoms with E-state index in [9.17, 15) is 0 Å². The van der Waals surface area contributed by atoms with Gasteiger partial charge in [0.1, 0.15) is 17.5 Å². The van der Waals surface area contributed by atoms with Crippen LogP contribution in [0.1, 0.15) is 11.3 Å². The zero-order valence-electron chi connectivity index (χ0n) is 8.39. The van der Waals surface area contributed by atoms with E-state index in [1.54, 1.807) is 19.2 Å². The van der Waals surface area contributed by atoms with Crippen LogP contribution in [0.3, 0.4) is 0 Å². The molecule has 1 N–H and O–H groups in total. The topological polar surface area (TPSA) is 48.8 Å². The number of rotatable bonds is 1. The van der Waals surface area contributed by atoms with Crippen molar-refractivity contribution in [3.8, 4) is 11.8 Å². The van der Waals surface area contributed by atoms with E-state index in [0.29, 0.717) is 16.5 Å². The quantitative estimate of drug-likeness (QED) is 0.803. The van der Waals surface area contributed by atoms with Crippen molar-refractivity contribution in [3.63, 3.8) is 0 Å². The Bertz CT molecular complexity index is 566. The summed E-state index contributed by atoms with van der Waals surface area (Å²) in [7, 11) is 1.59. The minimum absolute atomic E-state index is 0.524. The van der Waals surface area contributed by atoms with Crippen LogP contribution >= 0.6 is 11.6 Å². The van der Waals surface area contributed by atoms with E-state index in [0.717, 1.165) is 16.5 Å². The number of methoxy groups -OCH3 is 1. The molecule has 1 aromatic heterocycles. The van der Waals surface area contributed by atoms with Gasteiger partial charge in [0, 0.05) is 5.39 Å². The van der Waals surface area contributed by atoms with Gasteiger partial charge in [0.15, 0.2) is 0 Å². The molecule has 1 heterocycles. The number of benzene rings is 1. The standard InChI is InChI=1S/C11H9ClN2O/c1-6-8(5-13)14-11-9(15-2)4-3-7(12)10(6)11/h3-4,14H,1-2H3. The fraction of sp³-hybridized carbons (Fsp3) is 0.182. The van der Waals surface area contributed by atoms with Crippen molar-refractivity contribution in [2.75, 3.05) is 7.11 Å². The Morgan fingerprint density at radius 3 is 2.80 bits per heavy atom. The number of H-pyrrole nitrogens is 1. The summed E-state index contributed by atoms with van der Waals surface area (Å²) in [5.74, 6) is 0.694. The van der Waals surface area contributed by atoms with Crippen molar-refractivity contribution in [1.29, 1.82) is 5.26 Å². The van der Waals surface area contributed by atoms with Crippen LogP contribution in [-0.2, 0) is 0 Å². The monoisotopic (exact) mass is 220 g/mol. The van der Waals surface area contributed by atoms with E-state index >= 15 is 0 Å². The molecule has 0 aliphatic carbocycles. The molecule has 0 spiro atoms. The molecule has 0 aliphatic rings. The summed E-state index contributed by atoms with van der Waals surface area (Å²) in [4.78, 5) is 3.00. The molecular weight excluding hydrogens is 212 g/mol. The highest BCUT2D eigenvalue weighted by Crippen LogP contribution is 2.34. The molecule has 15 heavy (non-hydrogen) atoms. The number of nitrogens with one attached hydrogen (secondary N) is 1. The number of hydrogen-bond acceptors (Lipinski definition) is 2. The van der Waals surface area contributed by atoms with Crippen molar-refractivity contribution < 1.29 is 4.74 Å². The third-order valence-electron chi connectivity index (χ3n) is 2.45. The third-order valence-corrected chi connectivity index (χ3v) is 2.76. The Morgan fingerprint density at radius 2 is 2.20 bits per heavy atom. The fourth-order valence-electron chi connectivity index (χ4n) is 1.67. The number of hydrogen-bond donors (Lipinski definition) is 1. The van der Waals surface area contributed by atoms with E-state index in [4.69, 9.17) is 21.6 Å². The lowest BCUT2D eigenvalue weighted by Gasteiger charge is -2.02. The maximum atomic E-state index is 8.91. The first-order chi connectivity index (χ1) is 7.19. The SMILES string of the molecule is COc1ccc(Cl)c2c(C)c(C#N)[nH]c12. The van der Waals surface area contributed by atoms with Crippen molar-refractivity contribution >= 4 is 22.5 Å². The molecule has 3 nitrogen and oxygen atoms in total. The number of ether oxygens (including phenoxy) is 1. The maximum absolute atomic E-state index is 8.91. The first-order valence-corrected chi connectivity index (χ1v) is 4.81. The van der Waals surface area contributed by atoms with Crippen molar-refractivity contribution in [2.24, 2.45) is 0 Å². The average molecular weight is 221 g/mol. The second-order valence-corrected chi connectivity index (χ2v) is 3.64. The number of nitrogens with zero attached hydrogens (tertiary/aromatic N) is 1. The average Bonchev–Trinajstić information content (AvgIpc) is 2.57. The lowest BCUT2D eigenvalue weighted by atomic mass is 10.1. The van der Waals surface area contributed by atoms with Crippen molar-refractivity contribution in [3.05, 3.63) is 28.4 Å². The van der Waals surface area contributed by atoms with Crippen LogP contribution in [0.25, 0.3) is 10.9 Å². The number of fused-ring (bicyclic) bond motifs is 1. The second kappa shape index (κ2) is 3.48. The van der Waals surface area contributed by atoms with Crippen LogP contribution in [0.4, 0.5) is 0 Å². The fourth-order valence-corrected chi connectivity index (χ4v) is 1.97. The third kappa shape index (κ3) is 1.34. The second-order valence-electron chi connectivity index (χ2n) is 3.24. The van der Waals surface area contributed by atoms with Gasteiger partial charge < -0.3 is 9.72 Å². The summed E-state index contributed by atoms with van der Waals surface area (Å²) < 4.78 is 5.20. The molecule has 0 atom stereocenters. The number of aromatic nitrogens is 1. The van der Waals surface area contributed by atoms with Gasteiger partial charge in [0.05, 0.1) is 17.6 Å². The summed E-state index contributed by atoms with van der Waals surface area (Å²) in [6, 6.07) is 5.64. The van der Waals surface area contributed by atoms with Gasteiger partial charge in [-0.2, -0.15) is 5.26 Å². The van der Waals surface area contributed by atoms with Crippen LogP contribution in [-0.4, -0.2) is 12.1 Å².